The number of rotatable bonds is 7. The van der Waals surface area contributed by atoms with E-state index >= 15 is 0 Å². The summed E-state index contributed by atoms with van der Waals surface area (Å²) >= 11 is 3.10. The maximum absolute atomic E-state index is 12.3. The summed E-state index contributed by atoms with van der Waals surface area (Å²) in [7, 11) is 0. The Kier molecular flexibility index (Phi) is 6.49. The number of carbonyl (C=O) groups excluding carboxylic acids is 1. The minimum absolute atomic E-state index is 0.0138. The van der Waals surface area contributed by atoms with Crippen molar-refractivity contribution in [2.75, 3.05) is 48.7 Å². The fourth-order valence-electron chi connectivity index (χ4n) is 3.36. The quantitative estimate of drug-likeness (QED) is 0.452. The molecule has 0 bridgehead atoms. The van der Waals surface area contributed by atoms with Gasteiger partial charge in [0.15, 0.2) is 4.34 Å². The Labute approximate surface area is 179 Å². The SMILES string of the molecule is C=CCN1CCN(c2ccc(NC(=O)CSc3nc4ccccc4s3)cc2)CC1. The van der Waals surface area contributed by atoms with Gasteiger partial charge in [0.05, 0.1) is 16.0 Å². The fraction of sp³-hybridized carbons (Fsp3) is 0.273. The topological polar surface area (TPSA) is 48.5 Å². The van der Waals surface area contributed by atoms with E-state index in [1.165, 1.54) is 17.4 Å². The molecule has 5 nitrogen and oxygen atoms in total. The van der Waals surface area contributed by atoms with Crippen LogP contribution in [0.3, 0.4) is 0 Å². The van der Waals surface area contributed by atoms with Gasteiger partial charge in [-0.1, -0.05) is 30.0 Å². The Morgan fingerprint density at radius 1 is 1.14 bits per heavy atom. The molecule has 0 aliphatic carbocycles. The van der Waals surface area contributed by atoms with Crippen molar-refractivity contribution in [2.45, 2.75) is 4.34 Å². The van der Waals surface area contributed by atoms with Gasteiger partial charge in [0.25, 0.3) is 0 Å². The van der Waals surface area contributed by atoms with Crippen LogP contribution in [0.5, 0.6) is 0 Å². The van der Waals surface area contributed by atoms with Crippen LogP contribution in [0.4, 0.5) is 11.4 Å². The van der Waals surface area contributed by atoms with Gasteiger partial charge in [0, 0.05) is 44.1 Å². The van der Waals surface area contributed by atoms with E-state index in [1.54, 1.807) is 11.3 Å². The van der Waals surface area contributed by atoms with Crippen LogP contribution < -0.4 is 10.2 Å². The number of carbonyl (C=O) groups is 1. The van der Waals surface area contributed by atoms with Crippen molar-refractivity contribution in [1.82, 2.24) is 9.88 Å². The number of benzene rings is 2. The number of nitrogens with zero attached hydrogens (tertiary/aromatic N) is 3. The monoisotopic (exact) mass is 424 g/mol. The molecule has 7 heteroatoms. The lowest BCUT2D eigenvalue weighted by Gasteiger charge is -2.35. The predicted octanol–water partition coefficient (Wildman–Crippen LogP) is 4.34. The molecule has 1 N–H and O–H groups in total. The standard InChI is InChI=1S/C22H24N4OS2/c1-2-11-25-12-14-26(15-13-25)18-9-7-17(8-10-18)23-21(27)16-28-22-24-19-5-3-4-6-20(19)29-22/h2-10H,1,11-16H2,(H,23,27). The molecule has 0 radical (unpaired) electrons. The third kappa shape index (κ3) is 5.18. The Morgan fingerprint density at radius 3 is 2.62 bits per heavy atom. The molecule has 0 spiro atoms. The van der Waals surface area contributed by atoms with E-state index in [9.17, 15) is 4.79 Å². The number of hydrogen-bond acceptors (Lipinski definition) is 6. The highest BCUT2D eigenvalue weighted by Crippen LogP contribution is 2.29. The molecule has 0 unspecified atom stereocenters. The van der Waals surface area contributed by atoms with Gasteiger partial charge in [0.1, 0.15) is 0 Å². The van der Waals surface area contributed by atoms with Gasteiger partial charge in [-0.05, 0) is 36.4 Å². The number of thioether (sulfide) groups is 1. The first-order valence-electron chi connectivity index (χ1n) is 9.68. The molecule has 4 rings (SSSR count). The van der Waals surface area contributed by atoms with E-state index in [0.717, 1.165) is 53.0 Å². The van der Waals surface area contributed by atoms with Crippen LogP contribution in [0.2, 0.25) is 0 Å². The van der Waals surface area contributed by atoms with E-state index in [-0.39, 0.29) is 5.91 Å². The fourth-order valence-corrected chi connectivity index (χ4v) is 5.23. The van der Waals surface area contributed by atoms with Crippen molar-refractivity contribution in [3.8, 4) is 0 Å². The third-order valence-corrected chi connectivity index (χ3v) is 7.06. The van der Waals surface area contributed by atoms with Gasteiger partial charge < -0.3 is 10.2 Å². The summed E-state index contributed by atoms with van der Waals surface area (Å²) in [6, 6.07) is 16.2. The van der Waals surface area contributed by atoms with E-state index in [0.29, 0.717) is 5.75 Å². The molecule has 1 fully saturated rings. The summed E-state index contributed by atoms with van der Waals surface area (Å²) in [6.45, 7) is 8.89. The normalized spacial score (nSPS) is 14.8. The summed E-state index contributed by atoms with van der Waals surface area (Å²) in [5.41, 5.74) is 3.01. The van der Waals surface area contributed by atoms with Crippen molar-refractivity contribution in [2.24, 2.45) is 0 Å². The van der Waals surface area contributed by atoms with E-state index in [1.807, 2.05) is 36.4 Å². The number of fused-ring (bicyclic) bond motifs is 1. The van der Waals surface area contributed by atoms with Crippen molar-refractivity contribution in [1.29, 1.82) is 0 Å². The van der Waals surface area contributed by atoms with Gasteiger partial charge in [0.2, 0.25) is 5.91 Å². The van der Waals surface area contributed by atoms with Crippen molar-refractivity contribution >= 4 is 50.6 Å². The number of piperazine rings is 1. The number of thiazole rings is 1. The van der Waals surface area contributed by atoms with Gasteiger partial charge in [-0.3, -0.25) is 9.69 Å². The van der Waals surface area contributed by atoms with Crippen LogP contribution in [-0.2, 0) is 4.79 Å². The number of amides is 1. The highest BCUT2D eigenvalue weighted by molar-refractivity contribution is 8.01. The van der Waals surface area contributed by atoms with Gasteiger partial charge in [-0.25, -0.2) is 4.98 Å². The average Bonchev–Trinajstić information content (AvgIpc) is 3.17. The second-order valence-electron chi connectivity index (χ2n) is 6.91. The molecular formula is C22H24N4OS2. The molecule has 1 amide bonds. The summed E-state index contributed by atoms with van der Waals surface area (Å²) in [6.07, 6.45) is 1.96. The maximum Gasteiger partial charge on any atom is 0.234 e. The first-order chi connectivity index (χ1) is 14.2. The van der Waals surface area contributed by atoms with Crippen LogP contribution in [-0.4, -0.2) is 54.3 Å². The van der Waals surface area contributed by atoms with Crippen LogP contribution in [0, 0.1) is 0 Å². The molecule has 150 valence electrons. The Morgan fingerprint density at radius 2 is 1.90 bits per heavy atom. The van der Waals surface area contributed by atoms with Gasteiger partial charge >= 0.3 is 0 Å². The lowest BCUT2D eigenvalue weighted by molar-refractivity contribution is -0.113. The number of anilines is 2. The van der Waals surface area contributed by atoms with E-state index in [2.05, 4.69) is 44.9 Å². The zero-order valence-electron chi connectivity index (χ0n) is 16.2. The van der Waals surface area contributed by atoms with E-state index in [4.69, 9.17) is 0 Å². The molecule has 1 aliphatic heterocycles. The first-order valence-corrected chi connectivity index (χ1v) is 11.5. The van der Waals surface area contributed by atoms with Crippen molar-refractivity contribution in [3.63, 3.8) is 0 Å². The zero-order valence-corrected chi connectivity index (χ0v) is 17.8. The third-order valence-electron chi connectivity index (χ3n) is 4.88. The minimum atomic E-state index is -0.0138. The zero-order chi connectivity index (χ0) is 20.1. The van der Waals surface area contributed by atoms with E-state index < -0.39 is 0 Å². The number of aromatic nitrogens is 1. The number of para-hydroxylation sites is 1. The first kappa shape index (κ1) is 19.9. The summed E-state index contributed by atoms with van der Waals surface area (Å²) in [4.78, 5) is 21.7. The summed E-state index contributed by atoms with van der Waals surface area (Å²) in [5, 5.41) is 2.98. The van der Waals surface area contributed by atoms with Gasteiger partial charge in [-0.2, -0.15) is 0 Å². The van der Waals surface area contributed by atoms with Crippen LogP contribution in [0.1, 0.15) is 0 Å². The summed E-state index contributed by atoms with van der Waals surface area (Å²) < 4.78 is 2.07. The van der Waals surface area contributed by atoms with Crippen molar-refractivity contribution < 1.29 is 4.79 Å². The largest absolute Gasteiger partial charge is 0.369 e. The molecule has 1 aromatic heterocycles. The smallest absolute Gasteiger partial charge is 0.234 e. The van der Waals surface area contributed by atoms with Crippen LogP contribution in [0.15, 0.2) is 65.5 Å². The second kappa shape index (κ2) is 9.43. The highest BCUT2D eigenvalue weighted by Gasteiger charge is 2.16. The maximum atomic E-state index is 12.3. The van der Waals surface area contributed by atoms with Crippen molar-refractivity contribution in [3.05, 3.63) is 61.2 Å². The van der Waals surface area contributed by atoms with Gasteiger partial charge in [-0.15, -0.1) is 17.9 Å². The molecular weight excluding hydrogens is 400 g/mol. The second-order valence-corrected chi connectivity index (χ2v) is 9.16. The Balaban J connectivity index is 1.27. The van der Waals surface area contributed by atoms with Crippen LogP contribution >= 0.6 is 23.1 Å². The molecule has 2 aromatic carbocycles. The Bertz CT molecular complexity index is 945. The lowest BCUT2D eigenvalue weighted by atomic mass is 10.2. The predicted molar refractivity (Wildman–Crippen MR) is 124 cm³/mol. The Hall–Kier alpha value is -2.35. The molecule has 0 atom stereocenters. The summed E-state index contributed by atoms with van der Waals surface area (Å²) in [5.74, 6) is 0.340. The minimum Gasteiger partial charge on any atom is -0.369 e. The molecule has 29 heavy (non-hydrogen) atoms. The molecule has 2 heterocycles. The highest BCUT2D eigenvalue weighted by atomic mass is 32.2. The average molecular weight is 425 g/mol. The molecule has 1 aliphatic rings. The molecule has 1 saturated heterocycles. The number of hydrogen-bond donors (Lipinski definition) is 1. The molecule has 3 aromatic rings. The molecule has 0 saturated carbocycles. The lowest BCUT2D eigenvalue weighted by Crippen LogP contribution is -2.46. The number of nitrogens with one attached hydrogen (secondary N) is 1. The van der Waals surface area contributed by atoms with Crippen LogP contribution in [0.25, 0.3) is 10.2 Å².